The molecule has 14 nitrogen and oxygen atoms in total. The van der Waals surface area contributed by atoms with E-state index in [9.17, 15) is 24.3 Å². The highest BCUT2D eigenvalue weighted by Crippen LogP contribution is 2.58. The van der Waals surface area contributed by atoms with Crippen LogP contribution in [0.2, 0.25) is 0 Å². The fourth-order valence-corrected chi connectivity index (χ4v) is 7.82. The quantitative estimate of drug-likeness (QED) is 0.158. The van der Waals surface area contributed by atoms with Crippen molar-refractivity contribution in [2.24, 2.45) is 0 Å². The van der Waals surface area contributed by atoms with Gasteiger partial charge in [-0.15, -0.1) is 0 Å². The van der Waals surface area contributed by atoms with Crippen LogP contribution in [0.4, 0.5) is 21.0 Å². The van der Waals surface area contributed by atoms with E-state index in [-0.39, 0.29) is 30.9 Å². The number of carbonyl (C=O) groups excluding carboxylic acids is 4. The molecule has 3 atom stereocenters. The molecule has 2 aromatic heterocycles. The smallest absolute Gasteiger partial charge is 0.343 e. The molecule has 3 aliphatic rings. The first-order valence-corrected chi connectivity index (χ1v) is 15.5. The van der Waals surface area contributed by atoms with Crippen molar-refractivity contribution in [3.63, 3.8) is 0 Å². The number of nitrogens with zero attached hydrogens (tertiary/aromatic N) is 2. The molecule has 3 unspecified atom stereocenters. The van der Waals surface area contributed by atoms with E-state index >= 15 is 0 Å². The number of hydrogen-bond donors (Lipinski definition) is 6. The molecular weight excluding hydrogens is 606 g/mol. The predicted octanol–water partition coefficient (Wildman–Crippen LogP) is 3.94. The van der Waals surface area contributed by atoms with Crippen LogP contribution in [0.5, 0.6) is 0 Å². The Hall–Kier alpha value is -5.34. The maximum absolute atomic E-state index is 13.7. The van der Waals surface area contributed by atoms with Gasteiger partial charge in [-0.3, -0.25) is 4.79 Å². The topological polar surface area (TPSA) is 177 Å². The van der Waals surface area contributed by atoms with Crippen LogP contribution in [0.3, 0.4) is 0 Å². The normalized spacial score (nSPS) is 22.5. The Balaban J connectivity index is 1.54. The zero-order valence-corrected chi connectivity index (χ0v) is 26.2. The van der Waals surface area contributed by atoms with Crippen molar-refractivity contribution in [3.8, 4) is 0 Å². The molecular formula is C33H33N7O7. The van der Waals surface area contributed by atoms with Crippen molar-refractivity contribution in [3.05, 3.63) is 47.5 Å². The van der Waals surface area contributed by atoms with Crippen LogP contribution < -0.4 is 26.6 Å². The van der Waals surface area contributed by atoms with Crippen molar-refractivity contribution in [2.75, 3.05) is 30.8 Å². The Labute approximate surface area is 267 Å². The number of methoxy groups -OCH3 is 1. The van der Waals surface area contributed by atoms with Crippen LogP contribution in [-0.2, 0) is 26.5 Å². The fraction of sp³-hybridized carbons (Fsp3) is 0.333. The molecule has 5 amide bonds. The number of carbonyl (C=O) groups is 4. The summed E-state index contributed by atoms with van der Waals surface area (Å²) >= 11 is 0. The Bertz CT molecular complexity index is 2250. The first kappa shape index (κ1) is 29.1. The third kappa shape index (κ3) is 3.67. The number of aliphatic hydroxyl groups is 1. The molecule has 5 aromatic rings. The lowest BCUT2D eigenvalue weighted by Crippen LogP contribution is -2.56. The van der Waals surface area contributed by atoms with Crippen molar-refractivity contribution >= 4 is 78.9 Å². The maximum Gasteiger partial charge on any atom is 0.343 e. The number of hydrogen-bond acceptors (Lipinski definition) is 7. The Morgan fingerprint density at radius 1 is 0.979 bits per heavy atom. The highest BCUT2D eigenvalue weighted by molar-refractivity contribution is 6.31. The summed E-state index contributed by atoms with van der Waals surface area (Å²) in [6.45, 7) is 6.45. The number of urea groups is 2. The van der Waals surface area contributed by atoms with Gasteiger partial charge in [0.1, 0.15) is 6.23 Å². The molecule has 2 bridgehead atoms. The summed E-state index contributed by atoms with van der Waals surface area (Å²) in [5, 5.41) is 29.3. The number of anilines is 2. The second kappa shape index (κ2) is 9.83. The largest absolute Gasteiger partial charge is 0.467 e. The van der Waals surface area contributed by atoms with Crippen molar-refractivity contribution in [2.45, 2.75) is 51.3 Å². The standard InChI is InChI=1S/C33H33N7O7/c1-5-34-30(43)37-15-7-9-20-17(11-15)24-25-19(14-36-28(25)41)23-18-12-16(38-31(44)35-6-2)8-10-21(18)40-27(23)26(24)39(20)22-13-33(45,29(42)46-4)32(40,3)47-22/h7-12,22,45H,5-6,13-14H2,1-4H3,(H,36,41)(H2,34,37,43)(H2,35,38,44). The maximum atomic E-state index is 13.7. The van der Waals surface area contributed by atoms with Crippen LogP contribution in [0.1, 0.15) is 49.3 Å². The molecule has 14 heteroatoms. The fourth-order valence-electron chi connectivity index (χ4n) is 7.82. The van der Waals surface area contributed by atoms with Crippen LogP contribution in [0.25, 0.3) is 43.6 Å². The van der Waals surface area contributed by atoms with E-state index in [1.165, 1.54) is 7.11 Å². The van der Waals surface area contributed by atoms with Gasteiger partial charge in [-0.25, -0.2) is 14.4 Å². The average molecular weight is 640 g/mol. The number of rotatable bonds is 5. The molecule has 3 aromatic carbocycles. The summed E-state index contributed by atoms with van der Waals surface area (Å²) < 4.78 is 15.7. The highest BCUT2D eigenvalue weighted by Gasteiger charge is 2.65. The molecule has 5 heterocycles. The summed E-state index contributed by atoms with van der Waals surface area (Å²) in [4.78, 5) is 52.1. The zero-order chi connectivity index (χ0) is 33.0. The number of aromatic nitrogens is 2. The van der Waals surface area contributed by atoms with Crippen molar-refractivity contribution < 1.29 is 33.8 Å². The van der Waals surface area contributed by atoms with Gasteiger partial charge in [-0.1, -0.05) is 0 Å². The lowest BCUT2D eigenvalue weighted by atomic mass is 9.88. The Morgan fingerprint density at radius 2 is 1.60 bits per heavy atom. The van der Waals surface area contributed by atoms with Gasteiger partial charge in [0.2, 0.25) is 5.60 Å². The summed E-state index contributed by atoms with van der Waals surface area (Å²) in [5.41, 5.74) is 1.20. The van der Waals surface area contributed by atoms with E-state index in [0.717, 1.165) is 10.9 Å². The van der Waals surface area contributed by atoms with E-state index in [1.54, 1.807) is 19.1 Å². The molecule has 0 spiro atoms. The van der Waals surface area contributed by atoms with Crippen molar-refractivity contribution in [1.82, 2.24) is 25.1 Å². The van der Waals surface area contributed by atoms with E-state index < -0.39 is 23.5 Å². The average Bonchev–Trinajstić information content (AvgIpc) is 3.73. The summed E-state index contributed by atoms with van der Waals surface area (Å²) in [6, 6.07) is 10.1. The Morgan fingerprint density at radius 3 is 2.21 bits per heavy atom. The monoisotopic (exact) mass is 639 g/mol. The van der Waals surface area contributed by atoms with Gasteiger partial charge < -0.3 is 50.3 Å². The molecule has 0 saturated carbocycles. The van der Waals surface area contributed by atoms with Gasteiger partial charge in [0.25, 0.3) is 5.91 Å². The summed E-state index contributed by atoms with van der Waals surface area (Å²) in [5.74, 6) is -1.08. The minimum absolute atomic E-state index is 0.130. The molecule has 1 saturated heterocycles. The van der Waals surface area contributed by atoms with Gasteiger partial charge in [0, 0.05) is 59.0 Å². The summed E-state index contributed by atoms with van der Waals surface area (Å²) in [6.07, 6.45) is -0.958. The highest BCUT2D eigenvalue weighted by atomic mass is 16.6. The van der Waals surface area contributed by atoms with E-state index in [2.05, 4.69) is 26.6 Å². The lowest BCUT2D eigenvalue weighted by molar-refractivity contribution is -0.202. The first-order valence-electron chi connectivity index (χ1n) is 15.5. The molecule has 8 rings (SSSR count). The van der Waals surface area contributed by atoms with Crippen LogP contribution >= 0.6 is 0 Å². The minimum Gasteiger partial charge on any atom is -0.467 e. The number of esters is 1. The third-order valence-corrected chi connectivity index (χ3v) is 9.73. The molecule has 0 radical (unpaired) electrons. The number of nitrogens with one attached hydrogen (secondary N) is 5. The molecule has 242 valence electrons. The third-order valence-electron chi connectivity index (χ3n) is 9.73. The van der Waals surface area contributed by atoms with E-state index in [1.807, 2.05) is 47.2 Å². The second-order valence-corrected chi connectivity index (χ2v) is 12.2. The molecule has 47 heavy (non-hydrogen) atoms. The lowest BCUT2D eigenvalue weighted by Gasteiger charge is -2.37. The molecule has 0 aliphatic carbocycles. The molecule has 6 N–H and O–H groups in total. The van der Waals surface area contributed by atoms with Crippen LogP contribution in [0, 0.1) is 0 Å². The predicted molar refractivity (Wildman–Crippen MR) is 174 cm³/mol. The number of benzene rings is 3. The number of ether oxygens (including phenoxy) is 2. The van der Waals surface area contributed by atoms with E-state index in [4.69, 9.17) is 9.47 Å². The minimum atomic E-state index is -2.10. The first-order chi connectivity index (χ1) is 22.6. The second-order valence-electron chi connectivity index (χ2n) is 12.2. The SMILES string of the molecule is CCNC(=O)Nc1ccc2c(c1)c1c3c(c4c5cc(NC(=O)NCC)ccc5n5c4c1n2C1CC(O)(C(=O)OC)C5(C)O1)CNC3=O. The number of fused-ring (bicyclic) bond motifs is 13. The Kier molecular flexibility index (Phi) is 6.08. The van der Waals surface area contributed by atoms with Gasteiger partial charge >= 0.3 is 18.0 Å². The van der Waals surface area contributed by atoms with Crippen molar-refractivity contribution in [1.29, 1.82) is 0 Å². The van der Waals surface area contributed by atoms with Gasteiger partial charge in [-0.05, 0) is 62.7 Å². The van der Waals surface area contributed by atoms with Gasteiger partial charge in [-0.2, -0.15) is 0 Å². The molecule has 3 aliphatic heterocycles. The summed E-state index contributed by atoms with van der Waals surface area (Å²) in [7, 11) is 1.23. The van der Waals surface area contributed by atoms with Crippen LogP contribution in [-0.4, -0.2) is 64.0 Å². The van der Waals surface area contributed by atoms with Gasteiger partial charge in [0.15, 0.2) is 5.72 Å². The van der Waals surface area contributed by atoms with Crippen LogP contribution in [0.15, 0.2) is 36.4 Å². The number of amides is 5. The van der Waals surface area contributed by atoms with Gasteiger partial charge in [0.05, 0.1) is 34.7 Å². The van der Waals surface area contributed by atoms with E-state index in [0.29, 0.717) is 68.3 Å². The zero-order valence-electron chi connectivity index (χ0n) is 26.2. The molecule has 1 fully saturated rings.